The predicted octanol–water partition coefficient (Wildman–Crippen LogP) is 2.64. The molecule has 1 aromatic heterocycles. The Kier molecular flexibility index (Phi) is 3.80. The minimum atomic E-state index is -0.333. The van der Waals surface area contributed by atoms with Crippen molar-refractivity contribution in [2.45, 2.75) is 19.4 Å². The van der Waals surface area contributed by atoms with Gasteiger partial charge in [-0.15, -0.1) is 0 Å². The van der Waals surface area contributed by atoms with Crippen molar-refractivity contribution in [1.82, 2.24) is 9.88 Å². The summed E-state index contributed by atoms with van der Waals surface area (Å²) in [5.41, 5.74) is 0.0408. The topological polar surface area (TPSA) is 42.4 Å². The molecule has 2 heterocycles. The molecular weight excluding hydrogens is 275 g/mol. The van der Waals surface area contributed by atoms with E-state index in [-0.39, 0.29) is 21.8 Å². The Morgan fingerprint density at radius 2 is 2.17 bits per heavy atom. The Balaban J connectivity index is 2.20. The molecule has 98 valence electrons. The zero-order valence-corrected chi connectivity index (χ0v) is 11.8. The average Bonchev–Trinajstić information content (AvgIpc) is 2.27. The molecule has 0 aliphatic carbocycles. The first kappa shape index (κ1) is 13.6. The molecule has 1 aliphatic rings. The zero-order valence-electron chi connectivity index (χ0n) is 10.2. The third kappa shape index (κ3) is 2.94. The number of amides is 1. The van der Waals surface area contributed by atoms with E-state index in [1.54, 1.807) is 17.0 Å². The van der Waals surface area contributed by atoms with E-state index in [1.165, 1.54) is 0 Å². The van der Waals surface area contributed by atoms with E-state index in [4.69, 9.17) is 27.9 Å². The second-order valence-electron chi connectivity index (χ2n) is 4.81. The lowest BCUT2D eigenvalue weighted by Gasteiger charge is -2.38. The van der Waals surface area contributed by atoms with Gasteiger partial charge < -0.3 is 9.64 Å². The van der Waals surface area contributed by atoms with Gasteiger partial charge in [-0.2, -0.15) is 0 Å². The predicted molar refractivity (Wildman–Crippen MR) is 70.2 cm³/mol. The number of carbonyl (C=O) groups is 1. The molecule has 0 atom stereocenters. The minimum absolute atomic E-state index is 0.136. The van der Waals surface area contributed by atoms with Crippen molar-refractivity contribution in [3.05, 3.63) is 28.0 Å². The van der Waals surface area contributed by atoms with Gasteiger partial charge in [0.25, 0.3) is 5.91 Å². The molecule has 0 N–H and O–H groups in total. The Morgan fingerprint density at radius 3 is 2.78 bits per heavy atom. The van der Waals surface area contributed by atoms with Crippen LogP contribution in [-0.2, 0) is 4.74 Å². The molecule has 2 rings (SSSR count). The van der Waals surface area contributed by atoms with Crippen molar-refractivity contribution >= 4 is 29.1 Å². The molecule has 0 saturated carbocycles. The van der Waals surface area contributed by atoms with Gasteiger partial charge in [0.1, 0.15) is 10.3 Å². The maximum Gasteiger partial charge on any atom is 0.257 e. The van der Waals surface area contributed by atoms with Gasteiger partial charge in [-0.3, -0.25) is 4.79 Å². The molecular formula is C12H14Cl2N2O2. The molecule has 0 unspecified atom stereocenters. The Labute approximate surface area is 116 Å². The third-order valence-corrected chi connectivity index (χ3v) is 3.26. The quantitative estimate of drug-likeness (QED) is 0.746. The highest BCUT2D eigenvalue weighted by Crippen LogP contribution is 2.22. The van der Waals surface area contributed by atoms with Crippen LogP contribution in [0.4, 0.5) is 0 Å². The number of pyridine rings is 1. The molecule has 0 bridgehead atoms. The molecule has 18 heavy (non-hydrogen) atoms. The number of rotatable bonds is 1. The number of nitrogens with zero attached hydrogens (tertiary/aromatic N) is 2. The van der Waals surface area contributed by atoms with Crippen LogP contribution in [0.1, 0.15) is 24.2 Å². The summed E-state index contributed by atoms with van der Waals surface area (Å²) in [6.07, 6.45) is 0. The van der Waals surface area contributed by atoms with Crippen LogP contribution in [0.5, 0.6) is 0 Å². The molecule has 1 saturated heterocycles. The van der Waals surface area contributed by atoms with E-state index in [9.17, 15) is 4.79 Å². The molecule has 1 aliphatic heterocycles. The first-order valence-electron chi connectivity index (χ1n) is 5.64. The largest absolute Gasteiger partial charge is 0.372 e. The van der Waals surface area contributed by atoms with Crippen LogP contribution in [-0.4, -0.2) is 41.1 Å². The lowest BCUT2D eigenvalue weighted by molar-refractivity contribution is -0.0764. The van der Waals surface area contributed by atoms with Gasteiger partial charge in [0, 0.05) is 13.1 Å². The van der Waals surface area contributed by atoms with Crippen LogP contribution in [0.3, 0.4) is 0 Å². The third-order valence-electron chi connectivity index (χ3n) is 2.76. The van der Waals surface area contributed by atoms with E-state index < -0.39 is 0 Å². The lowest BCUT2D eigenvalue weighted by Crippen LogP contribution is -2.50. The number of hydrogen-bond donors (Lipinski definition) is 0. The highest BCUT2D eigenvalue weighted by atomic mass is 35.5. The fourth-order valence-electron chi connectivity index (χ4n) is 1.93. The van der Waals surface area contributed by atoms with Crippen molar-refractivity contribution in [3.63, 3.8) is 0 Å². The molecule has 0 aromatic carbocycles. The summed E-state index contributed by atoms with van der Waals surface area (Å²) in [7, 11) is 0. The standard InChI is InChI=1S/C12H14Cl2N2O2/c1-12(2)7-16(5-6-18-12)11(17)8-3-4-9(13)15-10(8)14/h3-4H,5-7H2,1-2H3. The van der Waals surface area contributed by atoms with Crippen LogP contribution < -0.4 is 0 Å². The normalized spacial score (nSPS) is 18.8. The molecule has 1 aromatic rings. The van der Waals surface area contributed by atoms with Gasteiger partial charge in [0.05, 0.1) is 17.8 Å². The van der Waals surface area contributed by atoms with Crippen molar-refractivity contribution in [1.29, 1.82) is 0 Å². The van der Waals surface area contributed by atoms with E-state index in [0.717, 1.165) is 0 Å². The maximum absolute atomic E-state index is 12.3. The number of aromatic nitrogens is 1. The fourth-order valence-corrected chi connectivity index (χ4v) is 2.36. The van der Waals surface area contributed by atoms with Gasteiger partial charge >= 0.3 is 0 Å². The summed E-state index contributed by atoms with van der Waals surface area (Å²) < 4.78 is 5.57. The monoisotopic (exact) mass is 288 g/mol. The van der Waals surface area contributed by atoms with Crippen LogP contribution in [0.2, 0.25) is 10.3 Å². The van der Waals surface area contributed by atoms with Crippen molar-refractivity contribution < 1.29 is 9.53 Å². The van der Waals surface area contributed by atoms with Crippen molar-refractivity contribution in [3.8, 4) is 0 Å². The molecule has 1 fully saturated rings. The first-order chi connectivity index (χ1) is 8.39. The van der Waals surface area contributed by atoms with Crippen LogP contribution in [0.15, 0.2) is 12.1 Å². The summed E-state index contributed by atoms with van der Waals surface area (Å²) in [6, 6.07) is 3.16. The van der Waals surface area contributed by atoms with Gasteiger partial charge in [-0.05, 0) is 26.0 Å². The SMILES string of the molecule is CC1(C)CN(C(=O)c2ccc(Cl)nc2Cl)CCO1. The van der Waals surface area contributed by atoms with Gasteiger partial charge in [0.15, 0.2) is 0 Å². The molecule has 0 radical (unpaired) electrons. The Bertz CT molecular complexity index is 477. The second kappa shape index (κ2) is 5.03. The summed E-state index contributed by atoms with van der Waals surface area (Å²) in [5, 5.41) is 0.413. The number of morpholine rings is 1. The minimum Gasteiger partial charge on any atom is -0.372 e. The molecule has 0 spiro atoms. The van der Waals surface area contributed by atoms with Crippen molar-refractivity contribution in [2.24, 2.45) is 0 Å². The van der Waals surface area contributed by atoms with Crippen LogP contribution in [0.25, 0.3) is 0 Å². The van der Waals surface area contributed by atoms with E-state index in [1.807, 2.05) is 13.8 Å². The fraction of sp³-hybridized carbons (Fsp3) is 0.500. The smallest absolute Gasteiger partial charge is 0.257 e. The van der Waals surface area contributed by atoms with Crippen molar-refractivity contribution in [2.75, 3.05) is 19.7 Å². The van der Waals surface area contributed by atoms with E-state index in [2.05, 4.69) is 4.98 Å². The number of halogens is 2. The zero-order chi connectivity index (χ0) is 13.3. The Hall–Kier alpha value is -0.840. The maximum atomic E-state index is 12.3. The summed E-state index contributed by atoms with van der Waals surface area (Å²) in [6.45, 7) is 5.52. The number of ether oxygens (including phenoxy) is 1. The van der Waals surface area contributed by atoms with E-state index in [0.29, 0.717) is 25.3 Å². The number of hydrogen-bond acceptors (Lipinski definition) is 3. The average molecular weight is 289 g/mol. The van der Waals surface area contributed by atoms with Gasteiger partial charge in [-0.25, -0.2) is 4.98 Å². The highest BCUT2D eigenvalue weighted by Gasteiger charge is 2.31. The number of carbonyl (C=O) groups excluding carboxylic acids is 1. The summed E-state index contributed by atoms with van der Waals surface area (Å²) >= 11 is 11.7. The van der Waals surface area contributed by atoms with E-state index >= 15 is 0 Å². The second-order valence-corrected chi connectivity index (χ2v) is 5.55. The highest BCUT2D eigenvalue weighted by molar-refractivity contribution is 6.34. The van der Waals surface area contributed by atoms with Gasteiger partial charge in [-0.1, -0.05) is 23.2 Å². The summed E-state index contributed by atoms with van der Waals surface area (Å²) in [4.78, 5) is 17.9. The molecule has 1 amide bonds. The van der Waals surface area contributed by atoms with Gasteiger partial charge in [0.2, 0.25) is 0 Å². The summed E-state index contributed by atoms with van der Waals surface area (Å²) in [5.74, 6) is -0.138. The molecule has 6 heteroatoms. The first-order valence-corrected chi connectivity index (χ1v) is 6.40. The molecule has 4 nitrogen and oxygen atoms in total. The lowest BCUT2D eigenvalue weighted by atomic mass is 10.1. The Morgan fingerprint density at radius 1 is 1.44 bits per heavy atom. The van der Waals surface area contributed by atoms with Crippen LogP contribution >= 0.6 is 23.2 Å². The van der Waals surface area contributed by atoms with Crippen LogP contribution in [0, 0.1) is 0 Å².